The molecule has 4 nitrogen and oxygen atoms in total. The van der Waals surface area contributed by atoms with E-state index in [9.17, 15) is 0 Å². The second-order valence-electron chi connectivity index (χ2n) is 5.29. The van der Waals surface area contributed by atoms with Gasteiger partial charge in [-0.1, -0.05) is 48.2 Å². The maximum Gasteiger partial charge on any atom is 0.240 e. The molecule has 1 heterocycles. The summed E-state index contributed by atoms with van der Waals surface area (Å²) >= 11 is 6.44. The molecule has 1 fully saturated rings. The first-order chi connectivity index (χ1) is 9.78. The number of nitrogens with zero attached hydrogens (tertiary/aromatic N) is 2. The van der Waals surface area contributed by atoms with Gasteiger partial charge in [0, 0.05) is 10.6 Å². The van der Waals surface area contributed by atoms with Crippen molar-refractivity contribution in [1.29, 1.82) is 0 Å². The standard InChI is InChI=1S/C15H18ClN3O/c16-13-8-11(15-18-14(9-17)20-19-15)6-7-12(13)10-4-2-1-3-5-10/h6-8,10H,1-5,9,17H2. The SMILES string of the molecule is NCc1nc(-c2ccc(C3CCCCC3)c(Cl)c2)no1. The molecule has 0 aliphatic heterocycles. The van der Waals surface area contributed by atoms with Gasteiger partial charge in [0.15, 0.2) is 0 Å². The molecule has 0 saturated heterocycles. The van der Waals surface area contributed by atoms with Gasteiger partial charge in [-0.3, -0.25) is 0 Å². The topological polar surface area (TPSA) is 64.9 Å². The van der Waals surface area contributed by atoms with Crippen LogP contribution in [0.4, 0.5) is 0 Å². The molecule has 1 aromatic carbocycles. The lowest BCUT2D eigenvalue weighted by Crippen LogP contribution is -2.05. The predicted molar refractivity (Wildman–Crippen MR) is 78.5 cm³/mol. The van der Waals surface area contributed by atoms with Gasteiger partial charge < -0.3 is 10.3 Å². The molecule has 0 amide bonds. The van der Waals surface area contributed by atoms with E-state index in [0.29, 0.717) is 17.6 Å². The van der Waals surface area contributed by atoms with Gasteiger partial charge in [-0.25, -0.2) is 0 Å². The molecule has 1 aromatic heterocycles. The van der Waals surface area contributed by atoms with Crippen LogP contribution in [0.15, 0.2) is 22.7 Å². The average Bonchev–Trinajstić information content (AvgIpc) is 2.97. The summed E-state index contributed by atoms with van der Waals surface area (Å²) in [6, 6.07) is 6.05. The largest absolute Gasteiger partial charge is 0.338 e. The first-order valence-corrected chi connectivity index (χ1v) is 7.48. The fourth-order valence-corrected chi connectivity index (χ4v) is 3.20. The van der Waals surface area contributed by atoms with Crippen LogP contribution in [0.3, 0.4) is 0 Å². The third-order valence-corrected chi connectivity index (χ3v) is 4.27. The monoisotopic (exact) mass is 291 g/mol. The number of hydrogen-bond acceptors (Lipinski definition) is 4. The van der Waals surface area contributed by atoms with Crippen molar-refractivity contribution >= 4 is 11.6 Å². The highest BCUT2D eigenvalue weighted by Crippen LogP contribution is 2.37. The van der Waals surface area contributed by atoms with Crippen molar-refractivity contribution in [2.75, 3.05) is 0 Å². The van der Waals surface area contributed by atoms with Crippen LogP contribution in [-0.2, 0) is 6.54 Å². The molecular formula is C15H18ClN3O. The van der Waals surface area contributed by atoms with E-state index in [1.807, 2.05) is 12.1 Å². The fraction of sp³-hybridized carbons (Fsp3) is 0.467. The average molecular weight is 292 g/mol. The molecule has 106 valence electrons. The van der Waals surface area contributed by atoms with E-state index < -0.39 is 0 Å². The zero-order chi connectivity index (χ0) is 13.9. The summed E-state index contributed by atoms with van der Waals surface area (Å²) in [5.74, 6) is 1.57. The Bertz CT molecular complexity index is 591. The lowest BCUT2D eigenvalue weighted by molar-refractivity contribution is 0.380. The summed E-state index contributed by atoms with van der Waals surface area (Å²) in [6.45, 7) is 0.251. The van der Waals surface area contributed by atoms with E-state index >= 15 is 0 Å². The molecular weight excluding hydrogens is 274 g/mol. The minimum Gasteiger partial charge on any atom is -0.338 e. The Morgan fingerprint density at radius 1 is 1.25 bits per heavy atom. The van der Waals surface area contributed by atoms with E-state index in [-0.39, 0.29) is 6.54 Å². The summed E-state index contributed by atoms with van der Waals surface area (Å²) in [4.78, 5) is 4.22. The Morgan fingerprint density at radius 2 is 2.05 bits per heavy atom. The van der Waals surface area contributed by atoms with Gasteiger partial charge in [0.2, 0.25) is 11.7 Å². The summed E-state index contributed by atoms with van der Waals surface area (Å²) < 4.78 is 5.03. The van der Waals surface area contributed by atoms with Crippen molar-refractivity contribution in [3.8, 4) is 11.4 Å². The summed E-state index contributed by atoms with van der Waals surface area (Å²) in [5, 5.41) is 4.72. The Hall–Kier alpha value is -1.39. The van der Waals surface area contributed by atoms with Crippen molar-refractivity contribution in [3.63, 3.8) is 0 Å². The second-order valence-corrected chi connectivity index (χ2v) is 5.69. The molecule has 0 atom stereocenters. The second kappa shape index (κ2) is 5.94. The molecule has 0 radical (unpaired) electrons. The van der Waals surface area contributed by atoms with E-state index in [1.165, 1.54) is 37.7 Å². The summed E-state index contributed by atoms with van der Waals surface area (Å²) in [7, 11) is 0. The molecule has 2 aromatic rings. The van der Waals surface area contributed by atoms with Crippen LogP contribution in [-0.4, -0.2) is 10.1 Å². The van der Waals surface area contributed by atoms with Crippen LogP contribution < -0.4 is 5.73 Å². The molecule has 1 saturated carbocycles. The summed E-state index contributed by atoms with van der Waals surface area (Å²) in [6.07, 6.45) is 6.41. The van der Waals surface area contributed by atoms with Crippen molar-refractivity contribution in [1.82, 2.24) is 10.1 Å². The highest BCUT2D eigenvalue weighted by atomic mass is 35.5. The molecule has 5 heteroatoms. The molecule has 1 aliphatic carbocycles. The van der Waals surface area contributed by atoms with E-state index in [2.05, 4.69) is 16.2 Å². The van der Waals surface area contributed by atoms with Crippen LogP contribution in [0.5, 0.6) is 0 Å². The molecule has 20 heavy (non-hydrogen) atoms. The maximum atomic E-state index is 6.44. The quantitative estimate of drug-likeness (QED) is 0.931. The summed E-state index contributed by atoms with van der Waals surface area (Å²) in [5.41, 5.74) is 7.59. The first-order valence-electron chi connectivity index (χ1n) is 7.10. The van der Waals surface area contributed by atoms with Crippen molar-refractivity contribution in [2.45, 2.75) is 44.6 Å². The maximum absolute atomic E-state index is 6.44. The third kappa shape index (κ3) is 2.72. The molecule has 3 rings (SSSR count). The van der Waals surface area contributed by atoms with Crippen molar-refractivity contribution in [3.05, 3.63) is 34.7 Å². The molecule has 0 spiro atoms. The van der Waals surface area contributed by atoms with Gasteiger partial charge in [0.05, 0.1) is 6.54 Å². The first kappa shape index (κ1) is 13.6. The minimum atomic E-state index is 0.251. The Balaban J connectivity index is 1.86. The number of hydrogen-bond donors (Lipinski definition) is 1. The number of rotatable bonds is 3. The van der Waals surface area contributed by atoms with Gasteiger partial charge in [0.25, 0.3) is 0 Å². The van der Waals surface area contributed by atoms with Crippen LogP contribution in [0, 0.1) is 0 Å². The van der Waals surface area contributed by atoms with Crippen LogP contribution in [0.1, 0.15) is 49.5 Å². The minimum absolute atomic E-state index is 0.251. The number of benzene rings is 1. The molecule has 0 bridgehead atoms. The van der Waals surface area contributed by atoms with Gasteiger partial charge in [0.1, 0.15) is 0 Å². The normalized spacial score (nSPS) is 16.5. The fourth-order valence-electron chi connectivity index (χ4n) is 2.87. The van der Waals surface area contributed by atoms with Crippen molar-refractivity contribution in [2.24, 2.45) is 5.73 Å². The van der Waals surface area contributed by atoms with Crippen LogP contribution in [0.2, 0.25) is 5.02 Å². The van der Waals surface area contributed by atoms with E-state index in [0.717, 1.165) is 10.6 Å². The lowest BCUT2D eigenvalue weighted by Gasteiger charge is -2.23. The van der Waals surface area contributed by atoms with E-state index in [4.69, 9.17) is 21.9 Å². The third-order valence-electron chi connectivity index (χ3n) is 3.95. The molecule has 1 aliphatic rings. The van der Waals surface area contributed by atoms with Crippen LogP contribution in [0.25, 0.3) is 11.4 Å². The molecule has 2 N–H and O–H groups in total. The lowest BCUT2D eigenvalue weighted by atomic mass is 9.84. The highest BCUT2D eigenvalue weighted by molar-refractivity contribution is 6.31. The molecule has 0 unspecified atom stereocenters. The Morgan fingerprint density at radius 3 is 2.70 bits per heavy atom. The van der Waals surface area contributed by atoms with Gasteiger partial charge in [-0.05, 0) is 30.4 Å². The predicted octanol–water partition coefficient (Wildman–Crippen LogP) is 3.90. The van der Waals surface area contributed by atoms with Gasteiger partial charge in [-0.15, -0.1) is 0 Å². The Kier molecular flexibility index (Phi) is 4.03. The smallest absolute Gasteiger partial charge is 0.240 e. The van der Waals surface area contributed by atoms with Crippen molar-refractivity contribution < 1.29 is 4.52 Å². The van der Waals surface area contributed by atoms with Gasteiger partial charge in [-0.2, -0.15) is 4.98 Å². The van der Waals surface area contributed by atoms with Crippen LogP contribution >= 0.6 is 11.6 Å². The van der Waals surface area contributed by atoms with Gasteiger partial charge >= 0.3 is 0 Å². The van der Waals surface area contributed by atoms with E-state index in [1.54, 1.807) is 0 Å². The Labute approximate surface area is 123 Å². The zero-order valence-corrected chi connectivity index (χ0v) is 12.1. The zero-order valence-electron chi connectivity index (χ0n) is 11.3. The number of aromatic nitrogens is 2. The number of nitrogens with two attached hydrogens (primary N) is 1. The number of halogens is 1. The highest BCUT2D eigenvalue weighted by Gasteiger charge is 2.19.